The summed E-state index contributed by atoms with van der Waals surface area (Å²) in [6, 6.07) is 0. The van der Waals surface area contributed by atoms with Crippen LogP contribution in [0.25, 0.3) is 0 Å². The minimum absolute atomic E-state index is 1.61. The lowest BCUT2D eigenvalue weighted by atomic mass is 11.3. The Balaban J connectivity index is 4.97. The zero-order chi connectivity index (χ0) is 15.5. The average Bonchev–Trinajstić information content (AvgIpc) is 2.11. The molecule has 112 valence electrons. The Labute approximate surface area is 123 Å². The van der Waals surface area contributed by atoms with Crippen molar-refractivity contribution in [2.24, 2.45) is 0 Å². The molecule has 0 aromatic heterocycles. The molecule has 0 aromatic carbocycles. The van der Waals surface area contributed by atoms with Crippen LogP contribution < -0.4 is 0 Å². The molecule has 0 radical (unpaired) electrons. The van der Waals surface area contributed by atoms with Gasteiger partial charge in [0.1, 0.15) is 0 Å². The van der Waals surface area contributed by atoms with E-state index in [-0.39, 0.29) is 0 Å². The van der Waals surface area contributed by atoms with Crippen molar-refractivity contribution in [3.63, 3.8) is 0 Å². The van der Waals surface area contributed by atoms with Crippen molar-refractivity contribution < 1.29 is 12.3 Å². The standard InChI is InChI=1S/C12H30O3Si4/c1-11-17(6,7)14-19(10,12-2)15-18(8,9)13-16(3,4)5/h11-12H,1-2H2,3-10H3. The molecule has 0 N–H and O–H groups in total. The Hall–Kier alpha value is 0.228. The van der Waals surface area contributed by atoms with Gasteiger partial charge in [-0.25, -0.2) is 0 Å². The molecule has 0 aromatic rings. The van der Waals surface area contributed by atoms with Crippen molar-refractivity contribution in [2.75, 3.05) is 0 Å². The molecule has 0 amide bonds. The Morgan fingerprint density at radius 1 is 0.684 bits per heavy atom. The molecule has 0 rings (SSSR count). The Kier molecular flexibility index (Phi) is 6.41. The van der Waals surface area contributed by atoms with E-state index in [0.717, 1.165) is 0 Å². The fourth-order valence-electron chi connectivity index (χ4n) is 1.91. The van der Waals surface area contributed by atoms with Crippen LogP contribution in [0.15, 0.2) is 24.6 Å². The monoisotopic (exact) mass is 334 g/mol. The van der Waals surface area contributed by atoms with Gasteiger partial charge in [-0.3, -0.25) is 0 Å². The van der Waals surface area contributed by atoms with E-state index in [4.69, 9.17) is 12.3 Å². The third kappa shape index (κ3) is 8.18. The van der Waals surface area contributed by atoms with E-state index >= 15 is 0 Å². The van der Waals surface area contributed by atoms with Crippen molar-refractivity contribution in [3.8, 4) is 0 Å². The molecule has 0 saturated heterocycles. The van der Waals surface area contributed by atoms with Crippen molar-refractivity contribution >= 4 is 33.8 Å². The van der Waals surface area contributed by atoms with Gasteiger partial charge >= 0.3 is 17.1 Å². The molecule has 7 heteroatoms. The van der Waals surface area contributed by atoms with Gasteiger partial charge in [-0.1, -0.05) is 11.4 Å². The molecule has 0 saturated carbocycles. The first-order chi connectivity index (χ1) is 8.24. The van der Waals surface area contributed by atoms with Crippen LogP contribution in [0.1, 0.15) is 0 Å². The van der Waals surface area contributed by atoms with E-state index in [1.165, 1.54) is 0 Å². The first kappa shape index (κ1) is 19.2. The van der Waals surface area contributed by atoms with Crippen LogP contribution in [0.2, 0.25) is 52.4 Å². The van der Waals surface area contributed by atoms with Crippen LogP contribution >= 0.6 is 0 Å². The average molecular weight is 335 g/mol. The van der Waals surface area contributed by atoms with Gasteiger partial charge in [0, 0.05) is 0 Å². The first-order valence-electron chi connectivity index (χ1n) is 6.62. The quantitative estimate of drug-likeness (QED) is 0.619. The fraction of sp³-hybridized carbons (Fsp3) is 0.667. The van der Waals surface area contributed by atoms with Gasteiger partial charge in [-0.2, -0.15) is 0 Å². The lowest BCUT2D eigenvalue weighted by Crippen LogP contribution is -2.56. The molecule has 19 heavy (non-hydrogen) atoms. The summed E-state index contributed by atoms with van der Waals surface area (Å²) in [7, 11) is -8.09. The lowest BCUT2D eigenvalue weighted by Gasteiger charge is -2.39. The van der Waals surface area contributed by atoms with Gasteiger partial charge in [0.05, 0.1) is 0 Å². The zero-order valence-corrected chi connectivity index (χ0v) is 17.8. The number of rotatable bonds is 8. The van der Waals surface area contributed by atoms with Crippen molar-refractivity contribution in [1.29, 1.82) is 0 Å². The summed E-state index contributed by atoms with van der Waals surface area (Å²) in [5.74, 6) is 0. The summed E-state index contributed by atoms with van der Waals surface area (Å²) in [6.45, 7) is 24.8. The predicted octanol–water partition coefficient (Wildman–Crippen LogP) is 4.30. The maximum Gasteiger partial charge on any atom is 0.342 e. The molecule has 0 aliphatic carbocycles. The van der Waals surface area contributed by atoms with Crippen LogP contribution in [-0.4, -0.2) is 33.8 Å². The van der Waals surface area contributed by atoms with Gasteiger partial charge in [0.25, 0.3) is 0 Å². The predicted molar refractivity (Wildman–Crippen MR) is 93.6 cm³/mol. The smallest absolute Gasteiger partial charge is 0.342 e. The highest BCUT2D eigenvalue weighted by molar-refractivity contribution is 6.92. The summed E-state index contributed by atoms with van der Waals surface area (Å²) in [5, 5.41) is 0. The Morgan fingerprint density at radius 2 is 1.16 bits per heavy atom. The second-order valence-electron chi connectivity index (χ2n) is 6.85. The summed E-state index contributed by atoms with van der Waals surface area (Å²) < 4.78 is 18.8. The minimum Gasteiger partial charge on any atom is -0.437 e. The van der Waals surface area contributed by atoms with Crippen molar-refractivity contribution in [3.05, 3.63) is 24.6 Å². The van der Waals surface area contributed by atoms with Gasteiger partial charge in [0.15, 0.2) is 16.6 Å². The van der Waals surface area contributed by atoms with Crippen molar-refractivity contribution in [1.82, 2.24) is 0 Å². The number of hydrogen-bond donors (Lipinski definition) is 0. The first-order valence-corrected chi connectivity index (χ1v) is 18.2. The Bertz CT molecular complexity index is 336. The highest BCUT2D eigenvalue weighted by Crippen LogP contribution is 2.24. The van der Waals surface area contributed by atoms with Gasteiger partial charge in [-0.15, -0.1) is 13.2 Å². The molecule has 0 aliphatic heterocycles. The van der Waals surface area contributed by atoms with E-state index in [0.29, 0.717) is 0 Å². The summed E-state index contributed by atoms with van der Waals surface area (Å²) in [6.07, 6.45) is 0. The molecule has 0 spiro atoms. The topological polar surface area (TPSA) is 27.7 Å². The Morgan fingerprint density at radius 3 is 1.47 bits per heavy atom. The van der Waals surface area contributed by atoms with E-state index in [1.54, 1.807) is 0 Å². The van der Waals surface area contributed by atoms with E-state index in [1.807, 2.05) is 17.9 Å². The minimum atomic E-state index is -2.40. The van der Waals surface area contributed by atoms with Crippen LogP contribution in [0.3, 0.4) is 0 Å². The molecule has 3 nitrogen and oxygen atoms in total. The zero-order valence-electron chi connectivity index (χ0n) is 13.8. The maximum absolute atomic E-state index is 6.33. The summed E-state index contributed by atoms with van der Waals surface area (Å²) >= 11 is 0. The van der Waals surface area contributed by atoms with Gasteiger partial charge < -0.3 is 12.3 Å². The SMILES string of the molecule is C=C[Si](C)(C)O[Si](C)(C=C)O[Si](C)(C)O[Si](C)(C)C. The summed E-state index contributed by atoms with van der Waals surface area (Å²) in [4.78, 5) is 0. The van der Waals surface area contributed by atoms with E-state index < -0.39 is 33.8 Å². The second kappa shape index (κ2) is 6.33. The van der Waals surface area contributed by atoms with Crippen LogP contribution in [0.5, 0.6) is 0 Å². The highest BCUT2D eigenvalue weighted by Gasteiger charge is 2.43. The van der Waals surface area contributed by atoms with Gasteiger partial charge in [-0.05, 0) is 52.4 Å². The molecule has 1 unspecified atom stereocenters. The summed E-state index contributed by atoms with van der Waals surface area (Å²) in [5.41, 5.74) is 3.78. The fourth-order valence-corrected chi connectivity index (χ4v) is 18.0. The van der Waals surface area contributed by atoms with Gasteiger partial charge in [0.2, 0.25) is 0 Å². The van der Waals surface area contributed by atoms with E-state index in [2.05, 4.69) is 59.0 Å². The molecule has 0 bridgehead atoms. The molecule has 0 aliphatic rings. The normalized spacial score (nSPS) is 16.8. The molecule has 0 heterocycles. The van der Waals surface area contributed by atoms with Crippen LogP contribution in [0.4, 0.5) is 0 Å². The lowest BCUT2D eigenvalue weighted by molar-refractivity contribution is 0.337. The number of hydrogen-bond acceptors (Lipinski definition) is 3. The van der Waals surface area contributed by atoms with Crippen LogP contribution in [-0.2, 0) is 12.3 Å². The molecule has 0 fully saturated rings. The largest absolute Gasteiger partial charge is 0.437 e. The van der Waals surface area contributed by atoms with Crippen molar-refractivity contribution in [2.45, 2.75) is 52.4 Å². The molecular weight excluding hydrogens is 304 g/mol. The maximum atomic E-state index is 6.33. The molecular formula is C12H30O3Si4. The van der Waals surface area contributed by atoms with Crippen LogP contribution in [0, 0.1) is 0 Å². The third-order valence-corrected chi connectivity index (χ3v) is 15.8. The highest BCUT2D eigenvalue weighted by atomic mass is 28.5. The second-order valence-corrected chi connectivity index (χ2v) is 22.4. The van der Waals surface area contributed by atoms with E-state index in [9.17, 15) is 0 Å². The third-order valence-electron chi connectivity index (χ3n) is 2.33. The molecule has 1 atom stereocenters.